The van der Waals surface area contributed by atoms with Gasteiger partial charge in [-0.1, -0.05) is 6.07 Å². The SMILES string of the molecule is COc1cc(CN2CCCC(O)C2)ccc1OCCN1CCOCC1. The van der Waals surface area contributed by atoms with E-state index in [4.69, 9.17) is 14.2 Å². The molecule has 1 N–H and O–H groups in total. The summed E-state index contributed by atoms with van der Waals surface area (Å²) in [4.78, 5) is 4.65. The van der Waals surface area contributed by atoms with Gasteiger partial charge in [0.05, 0.1) is 26.4 Å². The summed E-state index contributed by atoms with van der Waals surface area (Å²) >= 11 is 0. The number of nitrogens with zero attached hydrogens (tertiary/aromatic N) is 2. The van der Waals surface area contributed by atoms with Gasteiger partial charge in [0.15, 0.2) is 11.5 Å². The minimum Gasteiger partial charge on any atom is -0.493 e. The minimum absolute atomic E-state index is 0.196. The summed E-state index contributed by atoms with van der Waals surface area (Å²) in [7, 11) is 1.68. The van der Waals surface area contributed by atoms with Crippen LogP contribution in [0.25, 0.3) is 0 Å². The number of piperidine rings is 1. The van der Waals surface area contributed by atoms with Crippen molar-refractivity contribution in [1.29, 1.82) is 0 Å². The van der Waals surface area contributed by atoms with E-state index < -0.39 is 0 Å². The molecule has 6 heteroatoms. The molecule has 1 unspecified atom stereocenters. The molecular weight excluding hydrogens is 320 g/mol. The molecule has 0 saturated carbocycles. The van der Waals surface area contributed by atoms with E-state index in [0.29, 0.717) is 6.61 Å². The fourth-order valence-corrected chi connectivity index (χ4v) is 3.47. The molecule has 25 heavy (non-hydrogen) atoms. The third-order valence-corrected chi connectivity index (χ3v) is 4.88. The summed E-state index contributed by atoms with van der Waals surface area (Å²) in [6.07, 6.45) is 1.77. The van der Waals surface area contributed by atoms with E-state index in [-0.39, 0.29) is 6.10 Å². The van der Waals surface area contributed by atoms with Crippen molar-refractivity contribution in [3.05, 3.63) is 23.8 Å². The molecule has 2 aliphatic rings. The van der Waals surface area contributed by atoms with Crippen LogP contribution < -0.4 is 9.47 Å². The third kappa shape index (κ3) is 5.57. The van der Waals surface area contributed by atoms with Crippen molar-refractivity contribution in [1.82, 2.24) is 9.80 Å². The van der Waals surface area contributed by atoms with Crippen LogP contribution in [-0.4, -0.2) is 80.7 Å². The van der Waals surface area contributed by atoms with Gasteiger partial charge in [-0.25, -0.2) is 0 Å². The number of likely N-dealkylation sites (tertiary alicyclic amines) is 1. The van der Waals surface area contributed by atoms with Crippen molar-refractivity contribution in [2.24, 2.45) is 0 Å². The maximum atomic E-state index is 9.81. The van der Waals surface area contributed by atoms with Gasteiger partial charge in [-0.05, 0) is 37.1 Å². The summed E-state index contributed by atoms with van der Waals surface area (Å²) in [5.41, 5.74) is 1.19. The highest BCUT2D eigenvalue weighted by Gasteiger charge is 2.18. The van der Waals surface area contributed by atoms with Gasteiger partial charge in [-0.2, -0.15) is 0 Å². The molecule has 2 heterocycles. The van der Waals surface area contributed by atoms with Crippen LogP contribution in [0.3, 0.4) is 0 Å². The standard InChI is InChI=1S/C19H30N2O4/c1-23-19-13-16(14-21-6-2-3-17(22)15-21)4-5-18(19)25-12-9-20-7-10-24-11-8-20/h4-5,13,17,22H,2-3,6-12,14-15H2,1H3. The Morgan fingerprint density at radius 3 is 2.76 bits per heavy atom. The Morgan fingerprint density at radius 2 is 2.00 bits per heavy atom. The van der Waals surface area contributed by atoms with Gasteiger partial charge in [0.2, 0.25) is 0 Å². The van der Waals surface area contributed by atoms with Crippen LogP contribution in [-0.2, 0) is 11.3 Å². The zero-order valence-corrected chi connectivity index (χ0v) is 15.2. The smallest absolute Gasteiger partial charge is 0.161 e. The van der Waals surface area contributed by atoms with Gasteiger partial charge < -0.3 is 19.3 Å². The van der Waals surface area contributed by atoms with Gasteiger partial charge in [-0.15, -0.1) is 0 Å². The molecule has 1 atom stereocenters. The maximum Gasteiger partial charge on any atom is 0.161 e. The van der Waals surface area contributed by atoms with Crippen LogP contribution in [0.2, 0.25) is 0 Å². The van der Waals surface area contributed by atoms with Crippen molar-refractivity contribution in [2.45, 2.75) is 25.5 Å². The number of aliphatic hydroxyl groups excluding tert-OH is 1. The number of hydrogen-bond donors (Lipinski definition) is 1. The van der Waals surface area contributed by atoms with Crippen molar-refractivity contribution < 1.29 is 19.3 Å². The van der Waals surface area contributed by atoms with Crippen molar-refractivity contribution >= 4 is 0 Å². The zero-order chi connectivity index (χ0) is 17.5. The zero-order valence-electron chi connectivity index (χ0n) is 15.2. The van der Waals surface area contributed by atoms with Crippen LogP contribution >= 0.6 is 0 Å². The number of hydrogen-bond acceptors (Lipinski definition) is 6. The lowest BCUT2D eigenvalue weighted by atomic mass is 10.1. The van der Waals surface area contributed by atoms with E-state index in [0.717, 1.165) is 76.8 Å². The average molecular weight is 350 g/mol. The largest absolute Gasteiger partial charge is 0.493 e. The molecule has 0 spiro atoms. The lowest BCUT2D eigenvalue weighted by molar-refractivity contribution is 0.0321. The molecule has 0 aliphatic carbocycles. The summed E-state index contributed by atoms with van der Waals surface area (Å²) in [5, 5.41) is 9.81. The Bertz CT molecular complexity index is 534. The lowest BCUT2D eigenvalue weighted by Crippen LogP contribution is -2.38. The average Bonchev–Trinajstić information content (AvgIpc) is 2.63. The van der Waals surface area contributed by atoms with E-state index >= 15 is 0 Å². The molecule has 1 aromatic carbocycles. The van der Waals surface area contributed by atoms with Crippen molar-refractivity contribution in [3.8, 4) is 11.5 Å². The summed E-state index contributed by atoms with van der Waals surface area (Å²) in [5.74, 6) is 1.57. The number of rotatable bonds is 7. The lowest BCUT2D eigenvalue weighted by Gasteiger charge is -2.30. The van der Waals surface area contributed by atoms with Gasteiger partial charge in [0, 0.05) is 32.7 Å². The van der Waals surface area contributed by atoms with E-state index in [2.05, 4.69) is 15.9 Å². The molecule has 0 bridgehead atoms. The van der Waals surface area contributed by atoms with Crippen molar-refractivity contribution in [2.75, 3.05) is 59.7 Å². The van der Waals surface area contributed by atoms with Crippen LogP contribution in [0.4, 0.5) is 0 Å². The van der Waals surface area contributed by atoms with Crippen LogP contribution in [0.5, 0.6) is 11.5 Å². The highest BCUT2D eigenvalue weighted by Crippen LogP contribution is 2.29. The Morgan fingerprint density at radius 1 is 1.16 bits per heavy atom. The normalized spacial score (nSPS) is 22.7. The van der Waals surface area contributed by atoms with E-state index in [1.54, 1.807) is 7.11 Å². The summed E-state index contributed by atoms with van der Waals surface area (Å²) in [6, 6.07) is 6.13. The first-order valence-electron chi connectivity index (χ1n) is 9.25. The Hall–Kier alpha value is -1.34. The van der Waals surface area contributed by atoms with Crippen LogP contribution in [0, 0.1) is 0 Å². The number of β-amino-alcohol motifs (C(OH)–C–C–N with tert-alkyl or cyclic N) is 1. The molecular formula is C19H30N2O4. The Labute approximate surface area is 150 Å². The van der Waals surface area contributed by atoms with E-state index in [1.807, 2.05) is 12.1 Å². The van der Waals surface area contributed by atoms with Crippen molar-refractivity contribution in [3.63, 3.8) is 0 Å². The summed E-state index contributed by atoms with van der Waals surface area (Å²) in [6.45, 7) is 7.74. The topological polar surface area (TPSA) is 54.4 Å². The highest BCUT2D eigenvalue weighted by molar-refractivity contribution is 5.43. The molecule has 2 fully saturated rings. The molecule has 6 nitrogen and oxygen atoms in total. The number of morpholine rings is 1. The number of ether oxygens (including phenoxy) is 3. The van der Waals surface area contributed by atoms with Crippen LogP contribution in [0.1, 0.15) is 18.4 Å². The molecule has 2 saturated heterocycles. The molecule has 0 radical (unpaired) electrons. The summed E-state index contributed by atoms with van der Waals surface area (Å²) < 4.78 is 16.8. The highest BCUT2D eigenvalue weighted by atomic mass is 16.5. The molecule has 0 amide bonds. The second-order valence-corrected chi connectivity index (χ2v) is 6.82. The Kier molecular flexibility index (Phi) is 6.93. The first kappa shape index (κ1) is 18.5. The minimum atomic E-state index is -0.196. The molecule has 0 aromatic heterocycles. The first-order chi connectivity index (χ1) is 12.2. The van der Waals surface area contributed by atoms with Gasteiger partial charge in [0.25, 0.3) is 0 Å². The second-order valence-electron chi connectivity index (χ2n) is 6.82. The predicted octanol–water partition coefficient (Wildman–Crippen LogP) is 1.36. The maximum absolute atomic E-state index is 9.81. The van der Waals surface area contributed by atoms with E-state index in [9.17, 15) is 5.11 Å². The fraction of sp³-hybridized carbons (Fsp3) is 0.684. The molecule has 140 valence electrons. The number of benzene rings is 1. The number of aliphatic hydroxyl groups is 1. The fourth-order valence-electron chi connectivity index (χ4n) is 3.47. The molecule has 3 rings (SSSR count). The monoisotopic (exact) mass is 350 g/mol. The van der Waals surface area contributed by atoms with Gasteiger partial charge in [0.1, 0.15) is 6.61 Å². The first-order valence-corrected chi connectivity index (χ1v) is 9.25. The van der Waals surface area contributed by atoms with Gasteiger partial charge in [-0.3, -0.25) is 9.80 Å². The third-order valence-electron chi connectivity index (χ3n) is 4.88. The number of methoxy groups -OCH3 is 1. The quantitative estimate of drug-likeness (QED) is 0.801. The van der Waals surface area contributed by atoms with Gasteiger partial charge >= 0.3 is 0 Å². The van der Waals surface area contributed by atoms with E-state index in [1.165, 1.54) is 5.56 Å². The Balaban J connectivity index is 1.51. The molecule has 1 aromatic rings. The predicted molar refractivity (Wildman–Crippen MR) is 96.3 cm³/mol. The second kappa shape index (κ2) is 9.38. The van der Waals surface area contributed by atoms with Crippen LogP contribution in [0.15, 0.2) is 18.2 Å². The molecule has 2 aliphatic heterocycles.